The number of aromatic nitrogens is 1. The Morgan fingerprint density at radius 3 is 2.17 bits per heavy atom. The standard InChI is InChI=1S/C27H16BrNO/c28-21-7-2-6-19(15-21)17-4-1-5-18(14-17)20-10-11-22-23-8-3-9-24-27(23)25(12-13-29-24)30-26(22)16-20/h1-16H. The molecule has 2 nitrogen and oxygen atoms in total. The van der Waals surface area contributed by atoms with E-state index in [9.17, 15) is 0 Å². The molecule has 1 aliphatic heterocycles. The Balaban J connectivity index is 1.46. The third-order valence-electron chi connectivity index (χ3n) is 5.57. The Morgan fingerprint density at radius 2 is 1.33 bits per heavy atom. The average Bonchev–Trinajstić information content (AvgIpc) is 2.79. The molecule has 1 aliphatic rings. The van der Waals surface area contributed by atoms with Gasteiger partial charge in [-0.2, -0.15) is 0 Å². The molecule has 2 heterocycles. The van der Waals surface area contributed by atoms with Crippen molar-refractivity contribution in [1.29, 1.82) is 0 Å². The Morgan fingerprint density at radius 1 is 0.600 bits per heavy atom. The van der Waals surface area contributed by atoms with E-state index in [0.29, 0.717) is 0 Å². The fourth-order valence-electron chi connectivity index (χ4n) is 4.16. The van der Waals surface area contributed by atoms with Crippen LogP contribution < -0.4 is 4.74 Å². The minimum absolute atomic E-state index is 0.864. The number of halogens is 1. The molecule has 1 aromatic heterocycles. The Labute approximate surface area is 182 Å². The molecule has 5 aromatic rings. The minimum Gasteiger partial charge on any atom is -0.456 e. The Hall–Kier alpha value is -3.43. The van der Waals surface area contributed by atoms with Gasteiger partial charge in [-0.3, -0.25) is 4.98 Å². The molecule has 0 saturated heterocycles. The van der Waals surface area contributed by atoms with E-state index < -0.39 is 0 Å². The molecule has 0 N–H and O–H groups in total. The number of fused-ring (bicyclic) bond motifs is 2. The number of rotatable bonds is 2. The zero-order chi connectivity index (χ0) is 20.1. The van der Waals surface area contributed by atoms with Crippen LogP contribution in [0.15, 0.2) is 102 Å². The predicted molar refractivity (Wildman–Crippen MR) is 126 cm³/mol. The number of hydrogen-bond acceptors (Lipinski definition) is 2. The topological polar surface area (TPSA) is 22.1 Å². The van der Waals surface area contributed by atoms with Crippen LogP contribution in [-0.2, 0) is 0 Å². The molecule has 6 rings (SSSR count). The van der Waals surface area contributed by atoms with E-state index in [1.807, 2.05) is 18.2 Å². The van der Waals surface area contributed by atoms with E-state index >= 15 is 0 Å². The summed E-state index contributed by atoms with van der Waals surface area (Å²) in [5, 5.41) is 1.08. The number of pyridine rings is 1. The molecular weight excluding hydrogens is 434 g/mol. The smallest absolute Gasteiger partial charge is 0.139 e. The van der Waals surface area contributed by atoms with Gasteiger partial charge in [-0.05, 0) is 70.3 Å². The van der Waals surface area contributed by atoms with Crippen molar-refractivity contribution in [3.05, 3.63) is 102 Å². The summed E-state index contributed by atoms with van der Waals surface area (Å²) < 4.78 is 7.37. The summed E-state index contributed by atoms with van der Waals surface area (Å²) >= 11 is 3.57. The van der Waals surface area contributed by atoms with Crippen molar-refractivity contribution in [2.24, 2.45) is 0 Å². The van der Waals surface area contributed by atoms with Gasteiger partial charge < -0.3 is 4.74 Å². The summed E-state index contributed by atoms with van der Waals surface area (Å²) in [6, 6.07) is 31.6. The molecular formula is C27H16BrNO. The zero-order valence-electron chi connectivity index (χ0n) is 16.0. The van der Waals surface area contributed by atoms with Gasteiger partial charge in [-0.15, -0.1) is 0 Å². The number of benzene rings is 4. The van der Waals surface area contributed by atoms with Crippen LogP contribution in [0.5, 0.6) is 11.5 Å². The maximum Gasteiger partial charge on any atom is 0.139 e. The van der Waals surface area contributed by atoms with E-state index in [1.54, 1.807) is 6.20 Å². The van der Waals surface area contributed by atoms with Crippen molar-refractivity contribution in [1.82, 2.24) is 4.98 Å². The highest BCUT2D eigenvalue weighted by Crippen LogP contribution is 2.47. The lowest BCUT2D eigenvalue weighted by molar-refractivity contribution is 0.487. The first-order valence-corrected chi connectivity index (χ1v) is 10.6. The molecule has 0 bridgehead atoms. The molecule has 0 unspecified atom stereocenters. The summed E-state index contributed by atoms with van der Waals surface area (Å²) in [7, 11) is 0. The Kier molecular flexibility index (Phi) is 3.96. The lowest BCUT2D eigenvalue weighted by Gasteiger charge is -2.21. The van der Waals surface area contributed by atoms with E-state index in [1.165, 1.54) is 16.7 Å². The first kappa shape index (κ1) is 17.4. The van der Waals surface area contributed by atoms with Crippen LogP contribution in [0.3, 0.4) is 0 Å². The monoisotopic (exact) mass is 449 g/mol. The maximum absolute atomic E-state index is 6.30. The van der Waals surface area contributed by atoms with Crippen LogP contribution in [0.1, 0.15) is 0 Å². The molecule has 0 saturated carbocycles. The normalized spacial score (nSPS) is 11.8. The van der Waals surface area contributed by atoms with Gasteiger partial charge in [0.25, 0.3) is 0 Å². The lowest BCUT2D eigenvalue weighted by atomic mass is 9.93. The van der Waals surface area contributed by atoms with Crippen LogP contribution in [0, 0.1) is 0 Å². The zero-order valence-corrected chi connectivity index (χ0v) is 17.6. The molecule has 0 amide bonds. The first-order chi connectivity index (χ1) is 14.8. The first-order valence-electron chi connectivity index (χ1n) is 9.83. The fraction of sp³-hybridized carbons (Fsp3) is 0. The van der Waals surface area contributed by atoms with Crippen LogP contribution >= 0.6 is 15.9 Å². The second-order valence-corrected chi connectivity index (χ2v) is 8.33. The van der Waals surface area contributed by atoms with Gasteiger partial charge in [0.2, 0.25) is 0 Å². The minimum atomic E-state index is 0.864. The van der Waals surface area contributed by atoms with Gasteiger partial charge in [0.15, 0.2) is 0 Å². The summed E-state index contributed by atoms with van der Waals surface area (Å²) in [6.07, 6.45) is 1.80. The molecule has 0 radical (unpaired) electrons. The Bertz CT molecular complexity index is 1440. The van der Waals surface area contributed by atoms with Gasteiger partial charge >= 0.3 is 0 Å². The molecule has 0 aliphatic carbocycles. The van der Waals surface area contributed by atoms with Crippen LogP contribution in [-0.4, -0.2) is 4.98 Å². The number of hydrogen-bond donors (Lipinski definition) is 0. The quantitative estimate of drug-likeness (QED) is 0.266. The van der Waals surface area contributed by atoms with Crippen molar-refractivity contribution < 1.29 is 4.74 Å². The lowest BCUT2D eigenvalue weighted by Crippen LogP contribution is -1.98. The van der Waals surface area contributed by atoms with Crippen molar-refractivity contribution >= 4 is 26.8 Å². The van der Waals surface area contributed by atoms with Gasteiger partial charge in [-0.25, -0.2) is 0 Å². The second-order valence-electron chi connectivity index (χ2n) is 7.41. The molecule has 4 aromatic carbocycles. The van der Waals surface area contributed by atoms with Crippen LogP contribution in [0.4, 0.5) is 0 Å². The van der Waals surface area contributed by atoms with E-state index in [-0.39, 0.29) is 0 Å². The van der Waals surface area contributed by atoms with Gasteiger partial charge in [0, 0.05) is 16.2 Å². The average molecular weight is 450 g/mol. The number of nitrogens with zero attached hydrogens (tertiary/aromatic N) is 1. The number of ether oxygens (including phenoxy) is 1. The van der Waals surface area contributed by atoms with Crippen molar-refractivity contribution in [2.75, 3.05) is 0 Å². The highest BCUT2D eigenvalue weighted by molar-refractivity contribution is 9.10. The van der Waals surface area contributed by atoms with Crippen LogP contribution in [0.2, 0.25) is 0 Å². The van der Waals surface area contributed by atoms with Gasteiger partial charge in [-0.1, -0.05) is 64.5 Å². The second kappa shape index (κ2) is 6.82. The summed E-state index contributed by atoms with van der Waals surface area (Å²) in [4.78, 5) is 4.48. The van der Waals surface area contributed by atoms with Gasteiger partial charge in [0.05, 0.1) is 10.9 Å². The molecule has 0 fully saturated rings. The summed E-state index contributed by atoms with van der Waals surface area (Å²) in [5.41, 5.74) is 7.91. The molecule has 3 heteroatoms. The van der Waals surface area contributed by atoms with Crippen molar-refractivity contribution in [3.8, 4) is 44.9 Å². The summed E-state index contributed by atoms with van der Waals surface area (Å²) in [5.74, 6) is 1.75. The molecule has 0 atom stereocenters. The van der Waals surface area contributed by atoms with E-state index in [2.05, 4.69) is 93.7 Å². The summed E-state index contributed by atoms with van der Waals surface area (Å²) in [6.45, 7) is 0. The maximum atomic E-state index is 6.30. The van der Waals surface area contributed by atoms with E-state index in [0.717, 1.165) is 43.6 Å². The molecule has 30 heavy (non-hydrogen) atoms. The van der Waals surface area contributed by atoms with Gasteiger partial charge in [0.1, 0.15) is 11.5 Å². The fourth-order valence-corrected chi connectivity index (χ4v) is 4.56. The predicted octanol–water partition coefficient (Wildman–Crippen LogP) is 8.10. The largest absolute Gasteiger partial charge is 0.456 e. The SMILES string of the molecule is Brc1cccc(-c2cccc(-c3ccc4c(c3)Oc3ccnc5cccc-4c35)c2)c1. The van der Waals surface area contributed by atoms with E-state index in [4.69, 9.17) is 4.74 Å². The van der Waals surface area contributed by atoms with Crippen LogP contribution in [0.25, 0.3) is 44.3 Å². The van der Waals surface area contributed by atoms with Crippen molar-refractivity contribution in [2.45, 2.75) is 0 Å². The highest BCUT2D eigenvalue weighted by atomic mass is 79.9. The highest BCUT2D eigenvalue weighted by Gasteiger charge is 2.20. The van der Waals surface area contributed by atoms with Crippen molar-refractivity contribution in [3.63, 3.8) is 0 Å². The third kappa shape index (κ3) is 2.82. The molecule has 142 valence electrons. The third-order valence-corrected chi connectivity index (χ3v) is 6.07. The molecule has 0 spiro atoms.